The van der Waals surface area contributed by atoms with Crippen LogP contribution in [0.2, 0.25) is 0 Å². The van der Waals surface area contributed by atoms with Crippen LogP contribution in [0.3, 0.4) is 0 Å². The SMILES string of the molecule is COc1cc(-c2nn(-c3ccccc3)cc2/C=C\C(=O)c2ncccc2C)cc(OC)c1OC. The minimum Gasteiger partial charge on any atom is -0.493 e. The van der Waals surface area contributed by atoms with Crippen LogP contribution in [-0.2, 0) is 0 Å². The van der Waals surface area contributed by atoms with Crippen LogP contribution in [0, 0.1) is 6.92 Å². The van der Waals surface area contributed by atoms with Gasteiger partial charge in [0.1, 0.15) is 11.4 Å². The summed E-state index contributed by atoms with van der Waals surface area (Å²) in [5.74, 6) is 1.35. The summed E-state index contributed by atoms with van der Waals surface area (Å²) in [5.41, 5.74) is 4.29. The molecule has 7 nitrogen and oxygen atoms in total. The Labute approximate surface area is 198 Å². The average Bonchev–Trinajstić information content (AvgIpc) is 3.31. The van der Waals surface area contributed by atoms with Crippen molar-refractivity contribution in [2.24, 2.45) is 0 Å². The lowest BCUT2D eigenvalue weighted by atomic mass is 10.1. The van der Waals surface area contributed by atoms with Crippen LogP contribution in [-0.4, -0.2) is 41.9 Å². The second kappa shape index (κ2) is 10.0. The molecule has 0 saturated carbocycles. The van der Waals surface area contributed by atoms with E-state index < -0.39 is 0 Å². The number of aromatic nitrogens is 3. The van der Waals surface area contributed by atoms with Crippen molar-refractivity contribution in [3.8, 4) is 34.2 Å². The minimum atomic E-state index is -0.179. The van der Waals surface area contributed by atoms with Crippen molar-refractivity contribution < 1.29 is 19.0 Å². The number of allylic oxidation sites excluding steroid dienone is 1. The van der Waals surface area contributed by atoms with Gasteiger partial charge in [-0.3, -0.25) is 9.78 Å². The van der Waals surface area contributed by atoms with E-state index in [0.717, 1.165) is 22.4 Å². The summed E-state index contributed by atoms with van der Waals surface area (Å²) in [6.45, 7) is 1.86. The first-order valence-electron chi connectivity index (χ1n) is 10.6. The molecule has 0 fully saturated rings. The molecule has 2 aromatic heterocycles. The number of ether oxygens (including phenoxy) is 3. The van der Waals surface area contributed by atoms with Gasteiger partial charge < -0.3 is 14.2 Å². The van der Waals surface area contributed by atoms with E-state index >= 15 is 0 Å². The monoisotopic (exact) mass is 455 g/mol. The Morgan fingerprint density at radius 3 is 2.26 bits per heavy atom. The fourth-order valence-corrected chi connectivity index (χ4v) is 3.65. The zero-order valence-corrected chi connectivity index (χ0v) is 19.5. The van der Waals surface area contributed by atoms with Crippen molar-refractivity contribution in [3.63, 3.8) is 0 Å². The van der Waals surface area contributed by atoms with Crippen molar-refractivity contribution in [2.75, 3.05) is 21.3 Å². The standard InChI is InChI=1S/C27H25N3O4/c1-18-9-8-14-28-25(18)22(31)13-12-19-17-30(21-10-6-5-7-11-21)29-26(19)20-15-23(32-2)27(34-4)24(16-20)33-3/h5-17H,1-4H3/b13-12-. The molecule has 4 rings (SSSR count). The summed E-state index contributed by atoms with van der Waals surface area (Å²) in [6.07, 6.45) is 6.76. The molecule has 0 bridgehead atoms. The van der Waals surface area contributed by atoms with Crippen LogP contribution >= 0.6 is 0 Å². The van der Waals surface area contributed by atoms with Gasteiger partial charge in [-0.1, -0.05) is 24.3 Å². The lowest BCUT2D eigenvalue weighted by molar-refractivity contribution is 0.104. The third-order valence-corrected chi connectivity index (χ3v) is 5.36. The molecule has 0 saturated heterocycles. The van der Waals surface area contributed by atoms with E-state index in [0.29, 0.717) is 28.6 Å². The van der Waals surface area contributed by atoms with Gasteiger partial charge in [-0.05, 0) is 55.0 Å². The largest absolute Gasteiger partial charge is 0.493 e. The highest BCUT2D eigenvalue weighted by molar-refractivity contribution is 6.06. The number of rotatable bonds is 8. The van der Waals surface area contributed by atoms with Crippen LogP contribution in [0.15, 0.2) is 73.1 Å². The van der Waals surface area contributed by atoms with Crippen molar-refractivity contribution in [3.05, 3.63) is 89.9 Å². The number of para-hydroxylation sites is 1. The van der Waals surface area contributed by atoms with Crippen LogP contribution in [0.25, 0.3) is 23.0 Å². The molecule has 2 aromatic carbocycles. The van der Waals surface area contributed by atoms with Gasteiger partial charge in [0, 0.05) is 23.5 Å². The summed E-state index contributed by atoms with van der Waals surface area (Å²) in [5, 5.41) is 4.81. The fraction of sp³-hybridized carbons (Fsp3) is 0.148. The molecule has 4 aromatic rings. The first-order valence-corrected chi connectivity index (χ1v) is 10.6. The van der Waals surface area contributed by atoms with Crippen LogP contribution in [0.1, 0.15) is 21.6 Å². The highest BCUT2D eigenvalue weighted by Gasteiger charge is 2.18. The van der Waals surface area contributed by atoms with Gasteiger partial charge in [-0.2, -0.15) is 5.10 Å². The Morgan fingerprint density at radius 1 is 0.941 bits per heavy atom. The van der Waals surface area contributed by atoms with E-state index in [1.165, 1.54) is 6.08 Å². The molecule has 0 aliphatic heterocycles. The van der Waals surface area contributed by atoms with E-state index in [1.807, 2.05) is 67.7 Å². The third kappa shape index (κ3) is 4.54. The van der Waals surface area contributed by atoms with Crippen LogP contribution in [0.5, 0.6) is 17.2 Å². The zero-order valence-electron chi connectivity index (χ0n) is 19.5. The first-order chi connectivity index (χ1) is 16.5. The number of ketones is 1. The summed E-state index contributed by atoms with van der Waals surface area (Å²) in [4.78, 5) is 17.0. The molecular formula is C27H25N3O4. The molecule has 7 heteroatoms. The number of methoxy groups -OCH3 is 3. The van der Waals surface area contributed by atoms with Gasteiger partial charge in [-0.15, -0.1) is 0 Å². The van der Waals surface area contributed by atoms with Crippen molar-refractivity contribution in [2.45, 2.75) is 6.92 Å². The van der Waals surface area contributed by atoms with Crippen molar-refractivity contribution in [1.29, 1.82) is 0 Å². The molecule has 0 unspecified atom stereocenters. The topological polar surface area (TPSA) is 75.5 Å². The first kappa shape index (κ1) is 22.8. The van der Waals surface area contributed by atoms with E-state index in [4.69, 9.17) is 19.3 Å². The average molecular weight is 456 g/mol. The summed E-state index contributed by atoms with van der Waals surface area (Å²) < 4.78 is 18.3. The molecular weight excluding hydrogens is 430 g/mol. The molecule has 0 atom stereocenters. The molecule has 0 amide bonds. The Kier molecular flexibility index (Phi) is 6.73. The molecule has 0 aliphatic rings. The van der Waals surface area contributed by atoms with Gasteiger partial charge in [-0.25, -0.2) is 4.68 Å². The number of carbonyl (C=O) groups excluding carboxylic acids is 1. The Bertz CT molecular complexity index is 1320. The van der Waals surface area contributed by atoms with Crippen molar-refractivity contribution in [1.82, 2.24) is 14.8 Å². The number of benzene rings is 2. The molecule has 34 heavy (non-hydrogen) atoms. The molecule has 0 N–H and O–H groups in total. The Morgan fingerprint density at radius 2 is 1.65 bits per heavy atom. The van der Waals surface area contributed by atoms with Crippen LogP contribution in [0.4, 0.5) is 0 Å². The van der Waals surface area contributed by atoms with Crippen molar-refractivity contribution >= 4 is 11.9 Å². The molecule has 0 radical (unpaired) electrons. The number of carbonyl (C=O) groups is 1. The zero-order chi connectivity index (χ0) is 24.1. The van der Waals surface area contributed by atoms with E-state index in [-0.39, 0.29) is 5.78 Å². The fourth-order valence-electron chi connectivity index (χ4n) is 3.65. The molecule has 172 valence electrons. The maximum atomic E-state index is 12.8. The van der Waals surface area contributed by atoms with E-state index in [1.54, 1.807) is 38.3 Å². The summed E-state index contributed by atoms with van der Waals surface area (Å²) in [7, 11) is 4.69. The maximum absolute atomic E-state index is 12.8. The van der Waals surface area contributed by atoms with Crippen LogP contribution < -0.4 is 14.2 Å². The number of nitrogens with zero attached hydrogens (tertiary/aromatic N) is 3. The second-order valence-corrected chi connectivity index (χ2v) is 7.49. The van der Waals surface area contributed by atoms with Gasteiger partial charge in [0.2, 0.25) is 11.5 Å². The number of hydrogen-bond donors (Lipinski definition) is 0. The molecule has 2 heterocycles. The number of aryl methyl sites for hydroxylation is 1. The van der Waals surface area contributed by atoms with Gasteiger partial charge >= 0.3 is 0 Å². The van der Waals surface area contributed by atoms with E-state index in [2.05, 4.69) is 4.98 Å². The normalized spacial score (nSPS) is 10.9. The Balaban J connectivity index is 1.83. The Hall–Kier alpha value is -4.39. The maximum Gasteiger partial charge on any atom is 0.204 e. The molecule has 0 spiro atoms. The lowest BCUT2D eigenvalue weighted by Crippen LogP contribution is -2.00. The van der Waals surface area contributed by atoms with Gasteiger partial charge in [0.25, 0.3) is 0 Å². The van der Waals surface area contributed by atoms with E-state index in [9.17, 15) is 4.79 Å². The summed E-state index contributed by atoms with van der Waals surface area (Å²) >= 11 is 0. The second-order valence-electron chi connectivity index (χ2n) is 7.49. The lowest BCUT2D eigenvalue weighted by Gasteiger charge is -2.13. The number of pyridine rings is 1. The third-order valence-electron chi connectivity index (χ3n) is 5.36. The highest BCUT2D eigenvalue weighted by atomic mass is 16.5. The highest BCUT2D eigenvalue weighted by Crippen LogP contribution is 2.41. The van der Waals surface area contributed by atoms with Gasteiger partial charge in [0.15, 0.2) is 11.5 Å². The van der Waals surface area contributed by atoms with Gasteiger partial charge in [0.05, 0.1) is 27.0 Å². The quantitative estimate of drug-likeness (QED) is 0.270. The predicted molar refractivity (Wildman–Crippen MR) is 131 cm³/mol. The number of hydrogen-bond acceptors (Lipinski definition) is 6. The molecule has 0 aliphatic carbocycles. The smallest absolute Gasteiger partial charge is 0.204 e. The summed E-state index contributed by atoms with van der Waals surface area (Å²) in [6, 6.07) is 17.1. The predicted octanol–water partition coefficient (Wildman–Crippen LogP) is 5.16. The minimum absolute atomic E-state index is 0.179.